The Labute approximate surface area is 118 Å². The fourth-order valence-electron chi connectivity index (χ4n) is 1.62. The average Bonchev–Trinajstić information content (AvgIpc) is 3.11. The monoisotopic (exact) mass is 286 g/mol. The molecule has 100 valence electrons. The van der Waals surface area contributed by atoms with Gasteiger partial charge in [0, 0.05) is 5.56 Å². The number of amides is 1. The van der Waals surface area contributed by atoms with Crippen molar-refractivity contribution in [3.8, 4) is 10.6 Å². The molecule has 0 aliphatic rings. The molecule has 20 heavy (non-hydrogen) atoms. The topological polar surface area (TPSA) is 85.6 Å². The van der Waals surface area contributed by atoms with Crippen molar-refractivity contribution >= 4 is 22.2 Å². The van der Waals surface area contributed by atoms with Gasteiger partial charge in [0.25, 0.3) is 0 Å². The van der Waals surface area contributed by atoms with Crippen LogP contribution in [0.25, 0.3) is 10.6 Å². The maximum Gasteiger partial charge on any atom is 0.246 e. The fourth-order valence-corrected chi connectivity index (χ4v) is 2.46. The first-order valence-electron chi connectivity index (χ1n) is 5.83. The van der Waals surface area contributed by atoms with Gasteiger partial charge in [-0.2, -0.15) is 0 Å². The zero-order valence-electron chi connectivity index (χ0n) is 10.3. The minimum atomic E-state index is -0.194. The minimum Gasteiger partial charge on any atom is -0.315 e. The molecule has 0 aliphatic heterocycles. The Morgan fingerprint density at radius 3 is 2.90 bits per heavy atom. The molecule has 2 aromatic heterocycles. The summed E-state index contributed by atoms with van der Waals surface area (Å²) < 4.78 is 1.36. The van der Waals surface area contributed by atoms with Crippen LogP contribution in [0.5, 0.6) is 0 Å². The van der Waals surface area contributed by atoms with Gasteiger partial charge in [-0.15, -0.1) is 5.10 Å². The largest absolute Gasteiger partial charge is 0.315 e. The third-order valence-corrected chi connectivity index (χ3v) is 3.45. The molecule has 1 N–H and O–H groups in total. The van der Waals surface area contributed by atoms with Crippen LogP contribution in [-0.4, -0.2) is 31.1 Å². The van der Waals surface area contributed by atoms with E-state index in [2.05, 4.69) is 25.8 Å². The number of carbonyl (C=O) groups is 1. The molecule has 2 heterocycles. The molecule has 0 fully saturated rings. The van der Waals surface area contributed by atoms with Gasteiger partial charge in [-0.05, 0) is 10.4 Å². The van der Waals surface area contributed by atoms with Crippen molar-refractivity contribution in [2.75, 3.05) is 5.32 Å². The summed E-state index contributed by atoms with van der Waals surface area (Å²) in [6.45, 7) is 0.0750. The molecule has 7 nitrogen and oxygen atoms in total. The van der Waals surface area contributed by atoms with E-state index in [9.17, 15) is 4.79 Å². The second kappa shape index (κ2) is 5.57. The van der Waals surface area contributed by atoms with Gasteiger partial charge in [0.2, 0.25) is 5.91 Å². The van der Waals surface area contributed by atoms with Gasteiger partial charge in [-0.3, -0.25) is 4.79 Å². The standard InChI is InChI=1S/C12H10N6OS/c19-10(7-18-8-14-16-17-18)15-11-6-13-12(20-11)9-4-2-1-3-5-9/h1-6,8H,7H2,(H,15,19). The highest BCUT2D eigenvalue weighted by Gasteiger charge is 2.08. The Bertz CT molecular complexity index is 694. The number of rotatable bonds is 4. The molecule has 3 aromatic rings. The van der Waals surface area contributed by atoms with Gasteiger partial charge < -0.3 is 5.32 Å². The van der Waals surface area contributed by atoms with E-state index in [-0.39, 0.29) is 12.5 Å². The van der Waals surface area contributed by atoms with Crippen LogP contribution >= 0.6 is 11.3 Å². The quantitative estimate of drug-likeness (QED) is 0.784. The first-order valence-corrected chi connectivity index (χ1v) is 6.65. The van der Waals surface area contributed by atoms with Gasteiger partial charge in [0.05, 0.1) is 6.20 Å². The number of benzene rings is 1. The predicted octanol–water partition coefficient (Wildman–Crippen LogP) is 1.44. The van der Waals surface area contributed by atoms with Gasteiger partial charge in [-0.1, -0.05) is 41.7 Å². The lowest BCUT2D eigenvalue weighted by Gasteiger charge is -2.00. The number of tetrazole rings is 1. The lowest BCUT2D eigenvalue weighted by atomic mass is 10.2. The molecule has 1 aromatic carbocycles. The highest BCUT2D eigenvalue weighted by atomic mass is 32.1. The molecular formula is C12H10N6OS. The summed E-state index contributed by atoms with van der Waals surface area (Å²) in [5.74, 6) is -0.194. The SMILES string of the molecule is O=C(Cn1cnnn1)Nc1cnc(-c2ccccc2)s1. The van der Waals surface area contributed by atoms with Crippen LogP contribution < -0.4 is 5.32 Å². The maximum absolute atomic E-state index is 11.8. The van der Waals surface area contributed by atoms with Crippen LogP contribution in [0.4, 0.5) is 5.00 Å². The molecule has 3 rings (SSSR count). The Morgan fingerprint density at radius 2 is 2.15 bits per heavy atom. The van der Waals surface area contributed by atoms with Crippen LogP contribution in [0.3, 0.4) is 0 Å². The first-order chi connectivity index (χ1) is 9.81. The third-order valence-electron chi connectivity index (χ3n) is 2.49. The summed E-state index contributed by atoms with van der Waals surface area (Å²) in [5.41, 5.74) is 1.03. The summed E-state index contributed by atoms with van der Waals surface area (Å²) in [6, 6.07) is 9.81. The zero-order valence-corrected chi connectivity index (χ0v) is 11.1. The second-order valence-corrected chi connectivity index (χ2v) is 4.98. The van der Waals surface area contributed by atoms with Crippen molar-refractivity contribution in [2.24, 2.45) is 0 Å². The lowest BCUT2D eigenvalue weighted by molar-refractivity contribution is -0.116. The number of anilines is 1. The van der Waals surface area contributed by atoms with Crippen molar-refractivity contribution in [3.63, 3.8) is 0 Å². The van der Waals surface area contributed by atoms with Crippen molar-refractivity contribution < 1.29 is 4.79 Å². The highest BCUT2D eigenvalue weighted by molar-refractivity contribution is 7.19. The number of carbonyl (C=O) groups excluding carboxylic acids is 1. The Morgan fingerprint density at radius 1 is 1.30 bits per heavy atom. The molecule has 0 bridgehead atoms. The number of nitrogens with one attached hydrogen (secondary N) is 1. The molecule has 0 aliphatic carbocycles. The summed E-state index contributed by atoms with van der Waals surface area (Å²) in [4.78, 5) is 16.1. The van der Waals surface area contributed by atoms with E-state index in [1.165, 1.54) is 22.3 Å². The summed E-state index contributed by atoms with van der Waals surface area (Å²) >= 11 is 1.42. The normalized spacial score (nSPS) is 10.4. The highest BCUT2D eigenvalue weighted by Crippen LogP contribution is 2.27. The van der Waals surface area contributed by atoms with Gasteiger partial charge in [0.15, 0.2) is 0 Å². The van der Waals surface area contributed by atoms with Crippen LogP contribution in [0.2, 0.25) is 0 Å². The molecule has 0 spiro atoms. The Balaban J connectivity index is 1.67. The number of thiazole rings is 1. The van der Waals surface area contributed by atoms with E-state index in [0.29, 0.717) is 5.00 Å². The molecule has 1 amide bonds. The predicted molar refractivity (Wildman–Crippen MR) is 74.0 cm³/mol. The number of hydrogen-bond donors (Lipinski definition) is 1. The zero-order chi connectivity index (χ0) is 13.8. The molecule has 0 unspecified atom stereocenters. The molecule has 0 radical (unpaired) electrons. The fraction of sp³-hybridized carbons (Fsp3) is 0.0833. The summed E-state index contributed by atoms with van der Waals surface area (Å²) in [7, 11) is 0. The minimum absolute atomic E-state index is 0.0750. The Kier molecular flexibility index (Phi) is 3.46. The van der Waals surface area contributed by atoms with E-state index in [0.717, 1.165) is 10.6 Å². The molecule has 0 saturated carbocycles. The lowest BCUT2D eigenvalue weighted by Crippen LogP contribution is -2.18. The number of hydrogen-bond acceptors (Lipinski definition) is 6. The second-order valence-electron chi connectivity index (χ2n) is 3.95. The molecular weight excluding hydrogens is 276 g/mol. The summed E-state index contributed by atoms with van der Waals surface area (Å²) in [6.07, 6.45) is 3.03. The van der Waals surface area contributed by atoms with Gasteiger partial charge >= 0.3 is 0 Å². The van der Waals surface area contributed by atoms with Crippen LogP contribution in [-0.2, 0) is 11.3 Å². The van der Waals surface area contributed by atoms with E-state index in [1.54, 1.807) is 6.20 Å². The number of aromatic nitrogens is 5. The van der Waals surface area contributed by atoms with Crippen molar-refractivity contribution in [3.05, 3.63) is 42.9 Å². The van der Waals surface area contributed by atoms with Crippen LogP contribution in [0.1, 0.15) is 0 Å². The van der Waals surface area contributed by atoms with Crippen molar-refractivity contribution in [2.45, 2.75) is 6.54 Å². The van der Waals surface area contributed by atoms with E-state index < -0.39 is 0 Å². The molecule has 0 atom stereocenters. The van der Waals surface area contributed by atoms with E-state index in [4.69, 9.17) is 0 Å². The van der Waals surface area contributed by atoms with E-state index in [1.807, 2.05) is 30.3 Å². The van der Waals surface area contributed by atoms with Gasteiger partial charge in [-0.25, -0.2) is 9.67 Å². The van der Waals surface area contributed by atoms with Crippen LogP contribution in [0, 0.1) is 0 Å². The molecule has 8 heteroatoms. The maximum atomic E-state index is 11.8. The van der Waals surface area contributed by atoms with Crippen molar-refractivity contribution in [1.29, 1.82) is 0 Å². The first kappa shape index (κ1) is 12.4. The Hall–Kier alpha value is -2.61. The smallest absolute Gasteiger partial charge is 0.246 e. The van der Waals surface area contributed by atoms with E-state index >= 15 is 0 Å². The third kappa shape index (κ3) is 2.86. The summed E-state index contributed by atoms with van der Waals surface area (Å²) in [5, 5.41) is 14.9. The molecule has 0 saturated heterocycles. The average molecular weight is 286 g/mol. The van der Waals surface area contributed by atoms with Crippen molar-refractivity contribution in [1.82, 2.24) is 25.2 Å². The number of nitrogens with zero attached hydrogens (tertiary/aromatic N) is 5. The van der Waals surface area contributed by atoms with Crippen LogP contribution in [0.15, 0.2) is 42.9 Å². The van der Waals surface area contributed by atoms with Gasteiger partial charge in [0.1, 0.15) is 22.9 Å².